The lowest BCUT2D eigenvalue weighted by Gasteiger charge is -2.06. The van der Waals surface area contributed by atoms with E-state index in [9.17, 15) is 9.59 Å². The highest BCUT2D eigenvalue weighted by atomic mass is 32.2. The number of thioether (sulfide) groups is 1. The maximum atomic E-state index is 11.4. The molecule has 0 unspecified atom stereocenters. The molecule has 1 heterocycles. The molecule has 1 amide bonds. The van der Waals surface area contributed by atoms with E-state index in [1.807, 2.05) is 13.8 Å². The smallest absolute Gasteiger partial charge is 0.347 e. The number of carbonyl (C=O) groups is 2. The van der Waals surface area contributed by atoms with Crippen molar-refractivity contribution in [2.45, 2.75) is 31.2 Å². The van der Waals surface area contributed by atoms with Gasteiger partial charge in [0.15, 0.2) is 4.34 Å². The summed E-state index contributed by atoms with van der Waals surface area (Å²) < 4.78 is 0.610. The molecule has 1 aromatic heterocycles. The number of aromatic carboxylic acids is 1. The Morgan fingerprint density at radius 2 is 2.18 bits per heavy atom. The molecule has 17 heavy (non-hydrogen) atoms. The molecule has 1 rings (SSSR count). The number of amides is 1. The summed E-state index contributed by atoms with van der Waals surface area (Å²) >= 11 is 2.36. The van der Waals surface area contributed by atoms with Crippen LogP contribution in [0.3, 0.4) is 0 Å². The Hall–Kier alpha value is -1.08. The molecule has 0 aliphatic carbocycles. The lowest BCUT2D eigenvalue weighted by molar-refractivity contribution is -0.119. The van der Waals surface area contributed by atoms with Gasteiger partial charge < -0.3 is 10.4 Å². The number of aryl methyl sites for hydroxylation is 1. The number of nitrogens with one attached hydrogen (secondary N) is 1. The molecule has 2 N–H and O–H groups in total. The van der Waals surface area contributed by atoms with E-state index < -0.39 is 5.97 Å². The van der Waals surface area contributed by atoms with Crippen LogP contribution in [0.4, 0.5) is 0 Å². The van der Waals surface area contributed by atoms with E-state index in [1.54, 1.807) is 6.92 Å². The van der Waals surface area contributed by atoms with Crippen molar-refractivity contribution in [1.82, 2.24) is 10.3 Å². The zero-order chi connectivity index (χ0) is 13.0. The third-order valence-corrected chi connectivity index (χ3v) is 4.04. The van der Waals surface area contributed by atoms with Crippen LogP contribution in [0.25, 0.3) is 0 Å². The van der Waals surface area contributed by atoms with Crippen LogP contribution in [0.5, 0.6) is 0 Å². The monoisotopic (exact) mass is 274 g/mol. The summed E-state index contributed by atoms with van der Waals surface area (Å²) in [4.78, 5) is 26.5. The number of carbonyl (C=O) groups excluding carboxylic acids is 1. The van der Waals surface area contributed by atoms with Crippen molar-refractivity contribution in [3.63, 3.8) is 0 Å². The number of hydrogen-bond donors (Lipinski definition) is 2. The van der Waals surface area contributed by atoms with Crippen molar-refractivity contribution in [1.29, 1.82) is 0 Å². The van der Waals surface area contributed by atoms with E-state index in [4.69, 9.17) is 5.11 Å². The molecule has 1 aromatic rings. The van der Waals surface area contributed by atoms with Crippen molar-refractivity contribution in [3.8, 4) is 0 Å². The topological polar surface area (TPSA) is 79.3 Å². The molecule has 0 spiro atoms. The minimum Gasteiger partial charge on any atom is -0.477 e. The molecule has 94 valence electrons. The minimum absolute atomic E-state index is 0.0743. The number of aromatic nitrogens is 1. The van der Waals surface area contributed by atoms with Gasteiger partial charge in [0, 0.05) is 6.04 Å². The molecule has 0 radical (unpaired) electrons. The summed E-state index contributed by atoms with van der Waals surface area (Å²) in [5.41, 5.74) is 0.495. The van der Waals surface area contributed by atoms with Crippen molar-refractivity contribution < 1.29 is 14.7 Å². The molecule has 0 fully saturated rings. The Labute approximate surface area is 108 Å². The quantitative estimate of drug-likeness (QED) is 0.800. The molecular weight excluding hydrogens is 260 g/mol. The van der Waals surface area contributed by atoms with E-state index in [-0.39, 0.29) is 22.6 Å². The Morgan fingerprint density at radius 1 is 1.53 bits per heavy atom. The van der Waals surface area contributed by atoms with Crippen LogP contribution >= 0.6 is 23.1 Å². The van der Waals surface area contributed by atoms with E-state index in [2.05, 4.69) is 10.3 Å². The van der Waals surface area contributed by atoms with E-state index in [0.717, 1.165) is 11.3 Å². The third-order valence-electron chi connectivity index (χ3n) is 1.75. The fourth-order valence-electron chi connectivity index (χ4n) is 1.12. The van der Waals surface area contributed by atoms with Crippen molar-refractivity contribution >= 4 is 35.0 Å². The Kier molecular flexibility index (Phi) is 4.95. The van der Waals surface area contributed by atoms with Gasteiger partial charge in [0.05, 0.1) is 11.4 Å². The molecule has 0 aliphatic heterocycles. The molecule has 0 saturated carbocycles. The average Bonchev–Trinajstić information content (AvgIpc) is 2.56. The summed E-state index contributed by atoms with van der Waals surface area (Å²) in [7, 11) is 0. The lowest BCUT2D eigenvalue weighted by atomic mass is 10.4. The van der Waals surface area contributed by atoms with Crippen LogP contribution in [0.15, 0.2) is 4.34 Å². The summed E-state index contributed by atoms with van der Waals surface area (Å²) in [5, 5.41) is 11.6. The lowest BCUT2D eigenvalue weighted by Crippen LogP contribution is -2.31. The molecule has 5 nitrogen and oxygen atoms in total. The van der Waals surface area contributed by atoms with Gasteiger partial charge in [-0.2, -0.15) is 0 Å². The summed E-state index contributed by atoms with van der Waals surface area (Å²) in [6.07, 6.45) is 0. The second-order valence-electron chi connectivity index (χ2n) is 3.71. The number of carboxylic acids is 1. The first-order valence-corrected chi connectivity index (χ1v) is 6.83. The predicted octanol–water partition coefficient (Wildman–Crippen LogP) is 1.77. The van der Waals surface area contributed by atoms with Crippen LogP contribution < -0.4 is 5.32 Å². The number of hydrogen-bond acceptors (Lipinski definition) is 5. The predicted molar refractivity (Wildman–Crippen MR) is 67.8 cm³/mol. The van der Waals surface area contributed by atoms with Crippen molar-refractivity contribution in [3.05, 3.63) is 10.6 Å². The Bertz CT molecular complexity index is 429. The third kappa shape index (κ3) is 4.35. The van der Waals surface area contributed by atoms with Gasteiger partial charge in [-0.25, -0.2) is 9.78 Å². The molecule has 0 bridgehead atoms. The van der Waals surface area contributed by atoms with E-state index in [0.29, 0.717) is 10.0 Å². The van der Waals surface area contributed by atoms with Gasteiger partial charge in [-0.1, -0.05) is 11.8 Å². The number of thiazole rings is 1. The minimum atomic E-state index is -0.974. The van der Waals surface area contributed by atoms with Gasteiger partial charge in [-0.05, 0) is 20.8 Å². The second kappa shape index (κ2) is 6.02. The molecule has 0 aliphatic rings. The van der Waals surface area contributed by atoms with Gasteiger partial charge >= 0.3 is 5.97 Å². The van der Waals surface area contributed by atoms with Crippen molar-refractivity contribution in [2.24, 2.45) is 0 Å². The highest BCUT2D eigenvalue weighted by Gasteiger charge is 2.15. The molecular formula is C10H14N2O3S2. The maximum absolute atomic E-state index is 11.4. The molecule has 0 atom stereocenters. The molecule has 0 aromatic carbocycles. The standard InChI is InChI=1S/C10H14N2O3S2/c1-5(2)11-7(13)4-16-10-12-6(3)8(17-10)9(14)15/h5H,4H2,1-3H3,(H,11,13)(H,14,15). The zero-order valence-corrected chi connectivity index (χ0v) is 11.4. The number of carboxylic acid groups (broad SMARTS) is 1. The normalized spacial score (nSPS) is 10.6. The summed E-state index contributed by atoms with van der Waals surface area (Å²) in [6.45, 7) is 5.43. The Balaban J connectivity index is 2.55. The Morgan fingerprint density at radius 3 is 2.65 bits per heavy atom. The summed E-state index contributed by atoms with van der Waals surface area (Å²) in [6, 6.07) is 0.107. The first-order valence-electron chi connectivity index (χ1n) is 5.03. The number of rotatable bonds is 5. The first kappa shape index (κ1) is 14.0. The fraction of sp³-hybridized carbons (Fsp3) is 0.500. The van der Waals surface area contributed by atoms with Gasteiger partial charge in [-0.3, -0.25) is 4.79 Å². The van der Waals surface area contributed by atoms with Crippen LogP contribution in [0, 0.1) is 6.92 Å². The maximum Gasteiger partial charge on any atom is 0.347 e. The van der Waals surface area contributed by atoms with Crippen LogP contribution in [0.1, 0.15) is 29.2 Å². The van der Waals surface area contributed by atoms with E-state index >= 15 is 0 Å². The zero-order valence-electron chi connectivity index (χ0n) is 9.81. The second-order valence-corrected chi connectivity index (χ2v) is 5.93. The number of nitrogens with zero attached hydrogens (tertiary/aromatic N) is 1. The average molecular weight is 274 g/mol. The fourth-order valence-corrected chi connectivity index (χ4v) is 2.96. The summed E-state index contributed by atoms with van der Waals surface area (Å²) in [5.74, 6) is -0.794. The van der Waals surface area contributed by atoms with Gasteiger partial charge in [0.2, 0.25) is 5.91 Å². The van der Waals surface area contributed by atoms with Gasteiger partial charge in [0.25, 0.3) is 0 Å². The van der Waals surface area contributed by atoms with Gasteiger partial charge in [-0.15, -0.1) is 11.3 Å². The highest BCUT2D eigenvalue weighted by Crippen LogP contribution is 2.26. The van der Waals surface area contributed by atoms with Crippen LogP contribution in [-0.2, 0) is 4.79 Å². The largest absolute Gasteiger partial charge is 0.477 e. The van der Waals surface area contributed by atoms with Crippen LogP contribution in [-0.4, -0.2) is 33.8 Å². The molecule has 0 saturated heterocycles. The highest BCUT2D eigenvalue weighted by molar-refractivity contribution is 8.01. The first-order chi connectivity index (χ1) is 7.90. The van der Waals surface area contributed by atoms with Crippen LogP contribution in [0.2, 0.25) is 0 Å². The molecule has 7 heteroatoms. The SMILES string of the molecule is Cc1nc(SCC(=O)NC(C)C)sc1C(=O)O. The van der Waals surface area contributed by atoms with Crippen molar-refractivity contribution in [2.75, 3.05) is 5.75 Å². The van der Waals surface area contributed by atoms with E-state index in [1.165, 1.54) is 11.8 Å². The van der Waals surface area contributed by atoms with Gasteiger partial charge in [0.1, 0.15) is 4.88 Å².